The number of nitrogens with zero attached hydrogens (tertiary/aromatic N) is 3. The highest BCUT2D eigenvalue weighted by Crippen LogP contribution is 2.44. The monoisotopic (exact) mass is 1840 g/mol. The van der Waals surface area contributed by atoms with E-state index in [1.807, 2.05) is 153 Å². The zero-order valence-corrected chi connectivity index (χ0v) is 76.4. The van der Waals surface area contributed by atoms with Crippen molar-refractivity contribution in [3.05, 3.63) is 303 Å². The van der Waals surface area contributed by atoms with E-state index >= 15 is 0 Å². The first-order chi connectivity index (χ1) is 63.6. The molecule has 13 aromatic carbocycles. The number of carbonyl (C=O) groups is 4. The van der Waals surface area contributed by atoms with Crippen molar-refractivity contribution in [2.24, 2.45) is 0 Å². The van der Waals surface area contributed by atoms with E-state index in [9.17, 15) is 28.7 Å². The lowest BCUT2D eigenvalue weighted by Gasteiger charge is -2.15. The van der Waals surface area contributed by atoms with Crippen LogP contribution in [0.25, 0.3) is 88.6 Å². The summed E-state index contributed by atoms with van der Waals surface area (Å²) in [6.45, 7) is 18.5. The number of carboxylic acids is 4. The molecule has 0 bridgehead atoms. The van der Waals surface area contributed by atoms with Gasteiger partial charge < -0.3 is 71.9 Å². The van der Waals surface area contributed by atoms with Crippen molar-refractivity contribution in [2.45, 2.75) is 151 Å². The van der Waals surface area contributed by atoms with Crippen molar-refractivity contribution < 1.29 is 95.5 Å². The lowest BCUT2D eigenvalue weighted by atomic mass is 9.95. The van der Waals surface area contributed by atoms with Crippen LogP contribution in [0.1, 0.15) is 121 Å². The van der Waals surface area contributed by atoms with Crippen molar-refractivity contribution in [1.82, 2.24) is 15.5 Å². The Hall–Kier alpha value is -14.4. The largest absolute Gasteiger partial charge is 0.479 e. The smallest absolute Gasteiger partial charge is 0.344 e. The average Bonchev–Trinajstić information content (AvgIpc) is 1.56. The van der Waals surface area contributed by atoms with Gasteiger partial charge in [-0.15, -0.1) is 0 Å². The Morgan fingerprint density at radius 1 is 0.348 bits per heavy atom. The highest BCUT2D eigenvalue weighted by Gasteiger charge is 2.26. The van der Waals surface area contributed by atoms with Gasteiger partial charge in [-0.05, 0) is 298 Å². The Morgan fingerprint density at radius 2 is 0.727 bits per heavy atom. The number of hydrogen-bond acceptors (Lipinski definition) is 18. The first-order valence-corrected chi connectivity index (χ1v) is 44.4. The number of aliphatic carboxylic acids is 4. The minimum absolute atomic E-state index is 0.258. The molecule has 4 atom stereocenters. The van der Waals surface area contributed by atoms with E-state index in [2.05, 4.69) is 68.3 Å². The zero-order valence-electron chi connectivity index (χ0n) is 74.1. The van der Waals surface area contributed by atoms with E-state index in [-0.39, 0.29) is 27.4 Å². The fourth-order valence-corrected chi connectivity index (χ4v) is 15.0. The SMILES string of the molecule is CCCc1cc(-c2cccc3ccc(O[C@@H](C)C(=O)O)cc23)ccc1Oc1ccc(F)cc1.CCCc1cc(Oc2ccc(C)cc2)ccc1-c1noc2cc(Cl)c(O[C@@H](C)C(=O)O)cc12.CCCc1cc(Oc2ccc(CC)cc2)ccc1-c1noc2cc(Cl)c(O[C@@H](C)C(=O)O)cc12.CCCc1cc(Oc2ccc(Cl)cc2)ccc1-c1noc2ccc(OC(C)C(=O)O)cc12. The van der Waals surface area contributed by atoms with E-state index < -0.39 is 48.3 Å². The van der Waals surface area contributed by atoms with E-state index in [4.69, 9.17) is 102 Å². The first-order valence-electron chi connectivity index (χ1n) is 43.2. The molecule has 678 valence electrons. The summed E-state index contributed by atoms with van der Waals surface area (Å²) < 4.78 is 76.1. The third-order valence-corrected chi connectivity index (χ3v) is 22.2. The molecule has 22 nitrogen and oxygen atoms in total. The third-order valence-electron chi connectivity index (χ3n) is 21.3. The Kier molecular flexibility index (Phi) is 31.9. The highest BCUT2D eigenvalue weighted by atomic mass is 35.5. The fraction of sp³-hybridized carbons (Fsp3) is 0.217. The number of halogens is 4. The second kappa shape index (κ2) is 44.3. The molecule has 26 heteroatoms. The normalized spacial score (nSPS) is 12.0. The number of fused-ring (bicyclic) bond motifs is 4. The molecule has 3 aromatic heterocycles. The summed E-state index contributed by atoms with van der Waals surface area (Å²) in [6, 6.07) is 76.2. The number of rotatable bonds is 33. The van der Waals surface area contributed by atoms with Crippen LogP contribution in [0.15, 0.2) is 262 Å². The molecule has 1 unspecified atom stereocenters. The Labute approximate surface area is 776 Å². The molecule has 3 heterocycles. The van der Waals surface area contributed by atoms with Gasteiger partial charge in [0.25, 0.3) is 0 Å². The number of hydrogen-bond donors (Lipinski definition) is 4. The summed E-state index contributed by atoms with van der Waals surface area (Å²) in [7, 11) is 0. The van der Waals surface area contributed by atoms with Gasteiger partial charge in [-0.3, -0.25) is 0 Å². The number of benzene rings is 13. The van der Waals surface area contributed by atoms with Gasteiger partial charge in [-0.1, -0.05) is 171 Å². The van der Waals surface area contributed by atoms with Crippen LogP contribution < -0.4 is 37.9 Å². The standard InChI is InChI=1S/C28H25FO4.C27H26ClNO5.C26H24ClNO5.C25H22ClNO5/c1-3-5-21-16-20(9-15-27(21)33-23-13-10-22(29)11-14-23)25-7-4-6-19-8-12-24(17-26(19)25)32-18(2)28(30)31;1-4-6-18-13-20(33-19-9-7-17(5-2)8-10-19)11-12-21(18)26-22-14-25(32-16(3)27(30)31)23(28)15-24(22)34-29-26;1-4-5-17-12-19(32-18-8-6-15(2)7-9-18)10-11-20(17)25-21-13-24(31-16(3)26(29)30)22(27)14-23(21)33-28-25;1-3-4-16-13-19(31-18-7-5-17(26)6-8-18)9-11-21(16)24-22-14-20(30-15(2)25(28)29)10-12-23(22)32-27-24/h4,6-18H,3,5H2,1-2H3,(H,30,31);7-16H,4-6H2,1-3H3,(H,30,31);6-14,16H,4-5H2,1-3H3,(H,29,30);5-15H,3-4H2,1-2H3,(H,28,29)/t18-;2*16-;/m000./s1. The van der Waals surface area contributed by atoms with Crippen molar-refractivity contribution in [3.63, 3.8) is 0 Å². The van der Waals surface area contributed by atoms with Gasteiger partial charge in [0.2, 0.25) is 0 Å². The molecular formula is C106H97Cl3FN3O19. The van der Waals surface area contributed by atoms with Gasteiger partial charge >= 0.3 is 23.9 Å². The van der Waals surface area contributed by atoms with Crippen LogP contribution in [0.4, 0.5) is 4.39 Å². The topological polar surface area (TPSA) is 301 Å². The van der Waals surface area contributed by atoms with E-state index in [0.29, 0.717) is 78.4 Å². The maximum atomic E-state index is 13.2. The van der Waals surface area contributed by atoms with Crippen LogP contribution in [0.3, 0.4) is 0 Å². The lowest BCUT2D eigenvalue weighted by Crippen LogP contribution is -2.22. The molecule has 0 amide bonds. The average molecular weight is 1840 g/mol. The van der Waals surface area contributed by atoms with Gasteiger partial charge in [-0.25, -0.2) is 23.6 Å². The molecule has 0 saturated carbocycles. The van der Waals surface area contributed by atoms with Gasteiger partial charge in [-0.2, -0.15) is 0 Å². The maximum absolute atomic E-state index is 13.2. The fourth-order valence-electron chi connectivity index (χ4n) is 14.5. The molecule has 16 aromatic rings. The molecule has 0 radical (unpaired) electrons. The molecule has 0 aliphatic rings. The minimum atomic E-state index is -1.08. The van der Waals surface area contributed by atoms with Crippen LogP contribution in [0, 0.1) is 12.7 Å². The first kappa shape index (κ1) is 95.2. The van der Waals surface area contributed by atoms with Gasteiger partial charge in [0.05, 0.1) is 26.2 Å². The van der Waals surface area contributed by atoms with Crippen LogP contribution >= 0.6 is 34.8 Å². The molecule has 0 aliphatic carbocycles. The number of ether oxygens (including phenoxy) is 8. The number of aryl methyl sites for hydroxylation is 6. The predicted octanol–water partition coefficient (Wildman–Crippen LogP) is 28.3. The maximum Gasteiger partial charge on any atom is 0.344 e. The van der Waals surface area contributed by atoms with Crippen LogP contribution in [0.5, 0.6) is 69.0 Å². The van der Waals surface area contributed by atoms with Crippen LogP contribution in [-0.2, 0) is 51.3 Å². The molecule has 132 heavy (non-hydrogen) atoms. The molecule has 0 spiro atoms. The molecule has 16 rings (SSSR count). The molecule has 4 N–H and O–H groups in total. The Morgan fingerprint density at radius 3 is 1.17 bits per heavy atom. The second-order valence-corrected chi connectivity index (χ2v) is 32.5. The number of carboxylic acid groups (broad SMARTS) is 4. The summed E-state index contributed by atoms with van der Waals surface area (Å²) in [5, 5.41) is 54.8. The summed E-state index contributed by atoms with van der Waals surface area (Å²) >= 11 is 18.5. The lowest BCUT2D eigenvalue weighted by molar-refractivity contribution is -0.145. The van der Waals surface area contributed by atoms with Crippen LogP contribution in [-0.4, -0.2) is 84.2 Å². The summed E-state index contributed by atoms with van der Waals surface area (Å²) in [6.07, 6.45) is 4.06. The van der Waals surface area contributed by atoms with E-state index in [1.54, 1.807) is 72.8 Å². The van der Waals surface area contributed by atoms with E-state index in [0.717, 1.165) is 153 Å². The quantitative estimate of drug-likeness (QED) is 0.0297. The summed E-state index contributed by atoms with van der Waals surface area (Å²) in [5.41, 5.74) is 15.0. The highest BCUT2D eigenvalue weighted by molar-refractivity contribution is 6.33. The van der Waals surface area contributed by atoms with Crippen molar-refractivity contribution >= 4 is 102 Å². The Bertz CT molecular complexity index is 6760. The zero-order chi connectivity index (χ0) is 93.8. The van der Waals surface area contributed by atoms with Crippen molar-refractivity contribution in [3.8, 4) is 114 Å². The van der Waals surface area contributed by atoms with Gasteiger partial charge in [0.15, 0.2) is 41.2 Å². The van der Waals surface area contributed by atoms with Crippen molar-refractivity contribution in [2.75, 3.05) is 0 Å². The minimum Gasteiger partial charge on any atom is -0.479 e. The third kappa shape index (κ3) is 24.2. The van der Waals surface area contributed by atoms with Gasteiger partial charge in [0, 0.05) is 33.8 Å². The summed E-state index contributed by atoms with van der Waals surface area (Å²) in [5.74, 6) is 2.75. The molecule has 0 saturated heterocycles. The summed E-state index contributed by atoms with van der Waals surface area (Å²) in [4.78, 5) is 44.7. The molecular weight excluding hydrogens is 1740 g/mol. The van der Waals surface area contributed by atoms with Gasteiger partial charge in [0.1, 0.15) is 91.9 Å². The predicted molar refractivity (Wildman–Crippen MR) is 510 cm³/mol. The number of aromatic nitrogens is 3. The Balaban J connectivity index is 0.000000150. The van der Waals surface area contributed by atoms with Crippen molar-refractivity contribution in [1.29, 1.82) is 0 Å². The van der Waals surface area contributed by atoms with E-state index in [1.165, 1.54) is 51.0 Å². The second-order valence-electron chi connectivity index (χ2n) is 31.3. The molecule has 0 fully saturated rings. The van der Waals surface area contributed by atoms with Crippen LogP contribution in [0.2, 0.25) is 15.1 Å². The molecule has 0 aliphatic heterocycles.